The molecule has 2 rings (SSSR count). The minimum Gasteiger partial charge on any atom is -0.481 e. The predicted octanol–water partition coefficient (Wildman–Crippen LogP) is 0.487. The third-order valence-electron chi connectivity index (χ3n) is 5.13. The summed E-state index contributed by atoms with van der Waals surface area (Å²) >= 11 is 0. The van der Waals surface area contributed by atoms with Gasteiger partial charge in [-0.3, -0.25) is 14.4 Å². The third kappa shape index (κ3) is 3.34. The van der Waals surface area contributed by atoms with Crippen LogP contribution in [0.5, 0.6) is 0 Å². The first-order valence-electron chi connectivity index (χ1n) is 8.12. The van der Waals surface area contributed by atoms with E-state index in [1.807, 2.05) is 13.8 Å². The summed E-state index contributed by atoms with van der Waals surface area (Å²) in [6.45, 7) is 4.33. The summed E-state index contributed by atoms with van der Waals surface area (Å²) in [4.78, 5) is 37.9. The lowest BCUT2D eigenvalue weighted by atomic mass is 9.81. The Bertz CT molecular complexity index is 493. The molecule has 1 aliphatic heterocycles. The molecule has 130 valence electrons. The fourth-order valence-corrected chi connectivity index (χ4v) is 3.86. The summed E-state index contributed by atoms with van der Waals surface area (Å²) in [5, 5.41) is 12.3. The van der Waals surface area contributed by atoms with Crippen molar-refractivity contribution in [2.75, 3.05) is 26.8 Å². The predicted molar refractivity (Wildman–Crippen MR) is 82.6 cm³/mol. The number of carboxylic acids is 1. The molecular formula is C16H26N2O5. The van der Waals surface area contributed by atoms with Crippen LogP contribution < -0.4 is 5.32 Å². The summed E-state index contributed by atoms with van der Waals surface area (Å²) in [7, 11) is 1.42. The number of aliphatic carboxylic acids is 1. The van der Waals surface area contributed by atoms with E-state index < -0.39 is 17.4 Å². The minimum absolute atomic E-state index is 0.0199. The van der Waals surface area contributed by atoms with Crippen LogP contribution in [0.2, 0.25) is 0 Å². The smallest absolute Gasteiger partial charge is 0.311 e. The van der Waals surface area contributed by atoms with E-state index in [4.69, 9.17) is 4.74 Å². The van der Waals surface area contributed by atoms with Gasteiger partial charge >= 0.3 is 5.97 Å². The molecule has 0 spiro atoms. The Morgan fingerprint density at radius 2 is 2.09 bits per heavy atom. The number of hydrogen-bond donors (Lipinski definition) is 2. The minimum atomic E-state index is -0.806. The molecule has 0 radical (unpaired) electrons. The highest BCUT2D eigenvalue weighted by Crippen LogP contribution is 2.49. The zero-order chi connectivity index (χ0) is 17.2. The van der Waals surface area contributed by atoms with Crippen LogP contribution in [0, 0.1) is 17.3 Å². The molecule has 2 aliphatic rings. The largest absolute Gasteiger partial charge is 0.481 e. The zero-order valence-corrected chi connectivity index (χ0v) is 14.0. The fourth-order valence-electron chi connectivity index (χ4n) is 3.86. The van der Waals surface area contributed by atoms with Crippen LogP contribution in [-0.2, 0) is 19.1 Å². The SMILES string of the molecule is COCC(=O)N[C@H](C(=O)N1C[C@@H]2CCC[C@@]2(C(=O)O)C1)C(C)C. The maximum atomic E-state index is 12.8. The lowest BCUT2D eigenvalue weighted by Gasteiger charge is -2.28. The highest BCUT2D eigenvalue weighted by molar-refractivity contribution is 5.89. The second-order valence-electron chi connectivity index (χ2n) is 6.99. The lowest BCUT2D eigenvalue weighted by molar-refractivity contribution is -0.150. The quantitative estimate of drug-likeness (QED) is 0.740. The van der Waals surface area contributed by atoms with Gasteiger partial charge in [-0.1, -0.05) is 20.3 Å². The molecule has 0 aromatic rings. The number of amides is 2. The highest BCUT2D eigenvalue weighted by atomic mass is 16.5. The molecule has 2 N–H and O–H groups in total. The molecule has 0 aromatic carbocycles. The van der Waals surface area contributed by atoms with E-state index in [0.29, 0.717) is 13.0 Å². The number of carboxylic acid groups (broad SMARTS) is 1. The first-order chi connectivity index (χ1) is 10.8. The van der Waals surface area contributed by atoms with Gasteiger partial charge in [-0.25, -0.2) is 0 Å². The summed E-state index contributed by atoms with van der Waals surface area (Å²) in [6, 6.07) is -0.651. The van der Waals surface area contributed by atoms with E-state index in [1.165, 1.54) is 7.11 Å². The van der Waals surface area contributed by atoms with Crippen molar-refractivity contribution in [2.45, 2.75) is 39.2 Å². The molecule has 1 saturated heterocycles. The summed E-state index contributed by atoms with van der Waals surface area (Å²) < 4.78 is 4.78. The number of methoxy groups -OCH3 is 1. The van der Waals surface area contributed by atoms with Gasteiger partial charge in [-0.2, -0.15) is 0 Å². The fraction of sp³-hybridized carbons (Fsp3) is 0.812. The van der Waals surface area contributed by atoms with Crippen molar-refractivity contribution in [3.05, 3.63) is 0 Å². The van der Waals surface area contributed by atoms with Crippen LogP contribution in [0.25, 0.3) is 0 Å². The van der Waals surface area contributed by atoms with Gasteiger partial charge in [0.1, 0.15) is 12.6 Å². The van der Waals surface area contributed by atoms with E-state index in [0.717, 1.165) is 12.8 Å². The van der Waals surface area contributed by atoms with Crippen molar-refractivity contribution < 1.29 is 24.2 Å². The van der Waals surface area contributed by atoms with E-state index in [1.54, 1.807) is 4.90 Å². The second-order valence-corrected chi connectivity index (χ2v) is 6.99. The van der Waals surface area contributed by atoms with Crippen LogP contribution in [0.1, 0.15) is 33.1 Å². The topological polar surface area (TPSA) is 95.9 Å². The maximum Gasteiger partial charge on any atom is 0.311 e. The first kappa shape index (κ1) is 17.7. The zero-order valence-electron chi connectivity index (χ0n) is 14.0. The Morgan fingerprint density at radius 3 is 2.61 bits per heavy atom. The normalized spacial score (nSPS) is 27.8. The van der Waals surface area contributed by atoms with Crippen LogP contribution in [0.15, 0.2) is 0 Å². The van der Waals surface area contributed by atoms with Gasteiger partial charge in [-0.05, 0) is 24.7 Å². The molecule has 2 fully saturated rings. The average molecular weight is 326 g/mol. The number of carbonyl (C=O) groups is 3. The Labute approximate surface area is 136 Å². The van der Waals surface area contributed by atoms with Gasteiger partial charge in [0.25, 0.3) is 0 Å². The van der Waals surface area contributed by atoms with Gasteiger partial charge in [0.05, 0.1) is 5.41 Å². The molecule has 1 saturated carbocycles. The van der Waals surface area contributed by atoms with Crippen molar-refractivity contribution in [3.63, 3.8) is 0 Å². The van der Waals surface area contributed by atoms with Gasteiger partial charge < -0.3 is 20.1 Å². The van der Waals surface area contributed by atoms with E-state index in [2.05, 4.69) is 5.32 Å². The number of likely N-dealkylation sites (tertiary alicyclic amines) is 1. The molecule has 0 bridgehead atoms. The summed E-state index contributed by atoms with van der Waals surface area (Å²) in [5.74, 6) is -1.40. The van der Waals surface area contributed by atoms with Gasteiger partial charge in [-0.15, -0.1) is 0 Å². The van der Waals surface area contributed by atoms with Crippen molar-refractivity contribution in [1.29, 1.82) is 0 Å². The average Bonchev–Trinajstić information content (AvgIpc) is 3.01. The Morgan fingerprint density at radius 1 is 1.39 bits per heavy atom. The summed E-state index contributed by atoms with van der Waals surface area (Å²) in [5.41, 5.74) is -0.798. The first-order valence-corrected chi connectivity index (χ1v) is 8.12. The van der Waals surface area contributed by atoms with Gasteiger partial charge in [0.2, 0.25) is 11.8 Å². The van der Waals surface area contributed by atoms with E-state index in [9.17, 15) is 19.5 Å². The van der Waals surface area contributed by atoms with Crippen molar-refractivity contribution in [1.82, 2.24) is 10.2 Å². The van der Waals surface area contributed by atoms with Crippen molar-refractivity contribution >= 4 is 17.8 Å². The number of carbonyl (C=O) groups excluding carboxylic acids is 2. The Balaban J connectivity index is 2.09. The lowest BCUT2D eigenvalue weighted by Crippen LogP contribution is -2.52. The number of fused-ring (bicyclic) bond motifs is 1. The number of nitrogens with one attached hydrogen (secondary N) is 1. The Kier molecular flexibility index (Phi) is 5.29. The highest BCUT2D eigenvalue weighted by Gasteiger charge is 2.56. The van der Waals surface area contributed by atoms with Crippen LogP contribution in [0.3, 0.4) is 0 Å². The molecule has 3 atom stereocenters. The third-order valence-corrected chi connectivity index (χ3v) is 5.13. The standard InChI is InChI=1S/C16H26N2O5/c1-10(2)13(17-12(19)8-23-3)14(20)18-7-11-5-4-6-16(11,9-18)15(21)22/h10-11,13H,4-9H2,1-3H3,(H,17,19)(H,21,22)/t11-,13-,16+/m0/s1. The monoisotopic (exact) mass is 326 g/mol. The molecule has 7 nitrogen and oxygen atoms in total. The molecule has 2 amide bonds. The Hall–Kier alpha value is -1.63. The molecule has 1 aliphatic carbocycles. The summed E-state index contributed by atoms with van der Waals surface area (Å²) in [6.07, 6.45) is 2.37. The number of nitrogens with zero attached hydrogens (tertiary/aromatic N) is 1. The molecular weight excluding hydrogens is 300 g/mol. The number of rotatable bonds is 6. The van der Waals surface area contributed by atoms with Gasteiger partial charge in [0.15, 0.2) is 0 Å². The van der Waals surface area contributed by atoms with Crippen LogP contribution in [0.4, 0.5) is 0 Å². The van der Waals surface area contributed by atoms with E-state index in [-0.39, 0.29) is 36.8 Å². The molecule has 23 heavy (non-hydrogen) atoms. The van der Waals surface area contributed by atoms with Gasteiger partial charge in [0, 0.05) is 20.2 Å². The molecule has 0 unspecified atom stereocenters. The van der Waals surface area contributed by atoms with E-state index >= 15 is 0 Å². The molecule has 1 heterocycles. The van der Waals surface area contributed by atoms with Crippen molar-refractivity contribution in [3.8, 4) is 0 Å². The van der Waals surface area contributed by atoms with Crippen LogP contribution >= 0.6 is 0 Å². The molecule has 0 aromatic heterocycles. The molecule has 7 heteroatoms. The number of hydrogen-bond acceptors (Lipinski definition) is 4. The number of ether oxygens (including phenoxy) is 1. The second kappa shape index (κ2) is 6.86. The van der Waals surface area contributed by atoms with Crippen molar-refractivity contribution in [2.24, 2.45) is 17.3 Å². The van der Waals surface area contributed by atoms with Crippen LogP contribution in [-0.4, -0.2) is 60.6 Å². The maximum absolute atomic E-state index is 12.8.